The molecule has 0 saturated heterocycles. The van der Waals surface area contributed by atoms with Crippen molar-refractivity contribution < 1.29 is 18.8 Å². The predicted octanol–water partition coefficient (Wildman–Crippen LogP) is 2.48. The molecule has 0 unspecified atom stereocenters. The van der Waals surface area contributed by atoms with Gasteiger partial charge >= 0.3 is 11.8 Å². The van der Waals surface area contributed by atoms with E-state index in [-0.39, 0.29) is 24.2 Å². The summed E-state index contributed by atoms with van der Waals surface area (Å²) >= 11 is 0. The predicted molar refractivity (Wildman–Crippen MR) is 102 cm³/mol. The maximum absolute atomic E-state index is 12.9. The number of carbonyl (C=O) groups is 3. The average molecular weight is 381 g/mol. The molecule has 0 aromatic heterocycles. The Morgan fingerprint density at radius 1 is 1.18 bits per heavy atom. The highest BCUT2D eigenvalue weighted by atomic mass is 19.1. The van der Waals surface area contributed by atoms with Gasteiger partial charge in [0, 0.05) is 18.8 Å². The number of nitrogens with one attached hydrogen (secondary N) is 2. The molecular formula is C21H20FN3O3. The van der Waals surface area contributed by atoms with Crippen LogP contribution in [0.2, 0.25) is 0 Å². The second kappa shape index (κ2) is 7.07. The molecule has 2 N–H and O–H groups in total. The van der Waals surface area contributed by atoms with Gasteiger partial charge < -0.3 is 15.5 Å². The fraction of sp³-hybridized carbons (Fsp3) is 0.286. The third-order valence-corrected chi connectivity index (χ3v) is 5.25. The van der Waals surface area contributed by atoms with Gasteiger partial charge in [-0.25, -0.2) is 4.39 Å². The summed E-state index contributed by atoms with van der Waals surface area (Å²) in [6.07, 6.45) is 1.71. The van der Waals surface area contributed by atoms with Crippen molar-refractivity contribution in [1.29, 1.82) is 0 Å². The third kappa shape index (κ3) is 3.24. The van der Waals surface area contributed by atoms with E-state index in [1.807, 2.05) is 17.9 Å². The highest BCUT2D eigenvalue weighted by Gasteiger charge is 2.38. The molecule has 0 spiro atoms. The summed E-state index contributed by atoms with van der Waals surface area (Å²) in [5.41, 5.74) is 4.08. The van der Waals surface area contributed by atoms with Crippen molar-refractivity contribution >= 4 is 29.1 Å². The lowest BCUT2D eigenvalue weighted by Gasteiger charge is -2.26. The Morgan fingerprint density at radius 3 is 2.68 bits per heavy atom. The topological polar surface area (TPSA) is 78.5 Å². The largest absolute Gasteiger partial charge is 0.344 e. The number of hydrogen-bond donors (Lipinski definition) is 2. The Bertz CT molecular complexity index is 972. The van der Waals surface area contributed by atoms with E-state index in [2.05, 4.69) is 10.6 Å². The molecule has 0 aliphatic carbocycles. The second-order valence-electron chi connectivity index (χ2n) is 7.15. The zero-order chi connectivity index (χ0) is 19.8. The second-order valence-corrected chi connectivity index (χ2v) is 7.15. The van der Waals surface area contributed by atoms with Crippen LogP contribution in [0, 0.1) is 5.82 Å². The lowest BCUT2D eigenvalue weighted by atomic mass is 9.96. The van der Waals surface area contributed by atoms with E-state index in [1.165, 1.54) is 12.1 Å². The highest BCUT2D eigenvalue weighted by molar-refractivity contribution is 6.39. The van der Waals surface area contributed by atoms with E-state index in [1.54, 1.807) is 18.2 Å². The summed E-state index contributed by atoms with van der Waals surface area (Å²) in [5.74, 6) is -2.09. The minimum atomic E-state index is -0.779. The molecule has 2 aliphatic rings. The van der Waals surface area contributed by atoms with Crippen LogP contribution in [-0.2, 0) is 27.3 Å². The van der Waals surface area contributed by atoms with E-state index in [0.717, 1.165) is 36.2 Å². The summed E-state index contributed by atoms with van der Waals surface area (Å²) in [4.78, 5) is 38.6. The van der Waals surface area contributed by atoms with Gasteiger partial charge in [-0.2, -0.15) is 0 Å². The quantitative estimate of drug-likeness (QED) is 0.802. The number of amides is 3. The van der Waals surface area contributed by atoms with Crippen LogP contribution in [0.25, 0.3) is 0 Å². The zero-order valence-corrected chi connectivity index (χ0v) is 15.4. The summed E-state index contributed by atoms with van der Waals surface area (Å²) in [6.45, 7) is 2.71. The summed E-state index contributed by atoms with van der Waals surface area (Å²) in [7, 11) is 0. The first-order valence-electron chi connectivity index (χ1n) is 9.26. The smallest absolute Gasteiger partial charge is 0.313 e. The van der Waals surface area contributed by atoms with Gasteiger partial charge in [0.15, 0.2) is 0 Å². The molecular weight excluding hydrogens is 361 g/mol. The van der Waals surface area contributed by atoms with Gasteiger partial charge in [0.1, 0.15) is 5.82 Å². The molecule has 0 saturated carbocycles. The van der Waals surface area contributed by atoms with Crippen LogP contribution in [0.5, 0.6) is 0 Å². The van der Waals surface area contributed by atoms with E-state index in [0.29, 0.717) is 11.3 Å². The molecule has 0 bridgehead atoms. The first-order valence-corrected chi connectivity index (χ1v) is 9.26. The molecule has 28 heavy (non-hydrogen) atoms. The molecule has 2 heterocycles. The lowest BCUT2D eigenvalue weighted by molar-refractivity contribution is -0.136. The molecule has 2 aromatic rings. The van der Waals surface area contributed by atoms with E-state index < -0.39 is 11.8 Å². The zero-order valence-electron chi connectivity index (χ0n) is 15.4. The van der Waals surface area contributed by atoms with Gasteiger partial charge in [-0.1, -0.05) is 12.1 Å². The Labute approximate surface area is 161 Å². The molecule has 1 atom stereocenters. The van der Waals surface area contributed by atoms with Gasteiger partial charge in [0.2, 0.25) is 5.91 Å². The van der Waals surface area contributed by atoms with Crippen LogP contribution in [-0.4, -0.2) is 24.3 Å². The molecule has 7 heteroatoms. The monoisotopic (exact) mass is 381 g/mol. The van der Waals surface area contributed by atoms with Crippen LogP contribution >= 0.6 is 0 Å². The molecule has 2 aromatic carbocycles. The Hall–Kier alpha value is -3.22. The molecule has 6 nitrogen and oxygen atoms in total. The van der Waals surface area contributed by atoms with E-state index in [9.17, 15) is 18.8 Å². The van der Waals surface area contributed by atoms with Crippen molar-refractivity contribution in [3.8, 4) is 0 Å². The third-order valence-electron chi connectivity index (χ3n) is 5.25. The molecule has 2 aliphatic heterocycles. The van der Waals surface area contributed by atoms with Crippen LogP contribution in [0.1, 0.15) is 36.0 Å². The number of carbonyl (C=O) groups excluding carboxylic acids is 3. The summed E-state index contributed by atoms with van der Waals surface area (Å²) in [5, 5.41) is 5.14. The van der Waals surface area contributed by atoms with Gasteiger partial charge in [0.25, 0.3) is 0 Å². The first-order chi connectivity index (χ1) is 13.4. The van der Waals surface area contributed by atoms with Crippen LogP contribution in [0.3, 0.4) is 0 Å². The maximum atomic E-state index is 12.9. The molecule has 3 amide bonds. The molecule has 144 valence electrons. The molecule has 0 radical (unpaired) electrons. The van der Waals surface area contributed by atoms with Crippen molar-refractivity contribution in [3.63, 3.8) is 0 Å². The number of anilines is 2. The van der Waals surface area contributed by atoms with Crippen LogP contribution in [0.15, 0.2) is 36.4 Å². The summed E-state index contributed by atoms with van der Waals surface area (Å²) < 4.78 is 12.9. The fourth-order valence-electron chi connectivity index (χ4n) is 3.82. The van der Waals surface area contributed by atoms with Gasteiger partial charge in [0.05, 0.1) is 11.6 Å². The van der Waals surface area contributed by atoms with Gasteiger partial charge in [-0.3, -0.25) is 14.4 Å². The number of nitrogens with zero attached hydrogens (tertiary/aromatic N) is 1. The molecule has 0 fully saturated rings. The van der Waals surface area contributed by atoms with Crippen molar-refractivity contribution in [1.82, 2.24) is 5.32 Å². The highest BCUT2D eigenvalue weighted by Crippen LogP contribution is 2.44. The number of benzene rings is 2. The number of rotatable bonds is 3. The first kappa shape index (κ1) is 18.2. The van der Waals surface area contributed by atoms with Crippen molar-refractivity contribution in [2.75, 3.05) is 16.8 Å². The van der Waals surface area contributed by atoms with Gasteiger partial charge in [-0.05, 0) is 60.7 Å². The average Bonchev–Trinajstić information content (AvgIpc) is 2.94. The number of hydrogen-bond acceptors (Lipinski definition) is 3. The fourth-order valence-corrected chi connectivity index (χ4v) is 3.82. The van der Waals surface area contributed by atoms with Crippen molar-refractivity contribution in [3.05, 3.63) is 58.9 Å². The number of halogens is 1. The lowest BCUT2D eigenvalue weighted by Crippen LogP contribution is -2.35. The van der Waals surface area contributed by atoms with Crippen LogP contribution in [0.4, 0.5) is 15.8 Å². The minimum Gasteiger partial charge on any atom is -0.344 e. The van der Waals surface area contributed by atoms with Crippen LogP contribution < -0.4 is 15.5 Å². The van der Waals surface area contributed by atoms with Crippen molar-refractivity contribution in [2.45, 2.75) is 32.2 Å². The van der Waals surface area contributed by atoms with Crippen molar-refractivity contribution in [2.24, 2.45) is 0 Å². The minimum absolute atomic E-state index is 0.0801. The van der Waals surface area contributed by atoms with E-state index >= 15 is 0 Å². The summed E-state index contributed by atoms with van der Waals surface area (Å²) in [6, 6.07) is 9.29. The molecule has 4 rings (SSSR count). The van der Waals surface area contributed by atoms with E-state index in [4.69, 9.17) is 0 Å². The SMILES string of the molecule is C[C@@H]1C(=O)N2CCCc3cc(NC(=O)C(=O)NCc4ccc(F)cc4)cc1c32. The normalized spacial score (nSPS) is 17.3. The Morgan fingerprint density at radius 2 is 1.93 bits per heavy atom. The standard InChI is InChI=1S/C21H20FN3O3/c1-12-17-10-16(9-14-3-2-8-25(18(14)17)21(12)28)24-20(27)19(26)23-11-13-4-6-15(22)7-5-13/h4-7,9-10,12H,2-3,8,11H2,1H3,(H,23,26)(H,24,27)/t12-/m0/s1. The maximum Gasteiger partial charge on any atom is 0.313 e. The number of aryl methyl sites for hydroxylation is 1. The Balaban J connectivity index is 1.46. The Kier molecular flexibility index (Phi) is 4.58. The van der Waals surface area contributed by atoms with Gasteiger partial charge in [-0.15, -0.1) is 0 Å².